The van der Waals surface area contributed by atoms with Crippen LogP contribution in [-0.2, 0) is 20.5 Å². The molecule has 2 aliphatic rings. The molecule has 182 valence electrons. The number of aryl methyl sites for hydroxylation is 1. The Morgan fingerprint density at radius 2 is 1.88 bits per heavy atom. The lowest BCUT2D eigenvalue weighted by Gasteiger charge is -2.28. The van der Waals surface area contributed by atoms with Gasteiger partial charge in [-0.05, 0) is 75.1 Å². The molecule has 3 rings (SSSR count). The number of rotatable bonds is 15. The van der Waals surface area contributed by atoms with Gasteiger partial charge < -0.3 is 19.5 Å². The lowest BCUT2D eigenvalue weighted by molar-refractivity contribution is -0.137. The molecule has 1 aromatic rings. The smallest absolute Gasteiger partial charge is 0.457 e. The molecule has 2 fully saturated rings. The molecule has 1 heterocycles. The quantitative estimate of drug-likeness (QED) is 0.202. The lowest BCUT2D eigenvalue weighted by Crippen LogP contribution is -2.37. The highest BCUT2D eigenvalue weighted by Crippen LogP contribution is 2.45. The van der Waals surface area contributed by atoms with Gasteiger partial charge in [-0.1, -0.05) is 62.2 Å². The molecule has 0 spiro atoms. The Bertz CT molecular complexity index is 724. The van der Waals surface area contributed by atoms with E-state index in [0.717, 1.165) is 64.1 Å². The van der Waals surface area contributed by atoms with E-state index in [0.29, 0.717) is 18.3 Å². The zero-order chi connectivity index (χ0) is 23.5. The van der Waals surface area contributed by atoms with Crippen LogP contribution in [0.5, 0.6) is 0 Å². The van der Waals surface area contributed by atoms with Gasteiger partial charge in [-0.15, -0.1) is 0 Å². The van der Waals surface area contributed by atoms with E-state index in [2.05, 4.69) is 31.2 Å². The molecule has 0 radical (unpaired) electrons. The van der Waals surface area contributed by atoms with Crippen LogP contribution in [0.1, 0.15) is 76.7 Å². The highest BCUT2D eigenvalue weighted by Gasteiger charge is 2.49. The highest BCUT2D eigenvalue weighted by molar-refractivity contribution is 6.44. The van der Waals surface area contributed by atoms with Crippen LogP contribution in [0.2, 0.25) is 6.32 Å². The highest BCUT2D eigenvalue weighted by atomic mass is 16.6. The molecule has 2 bridgehead atoms. The molecule has 6 heteroatoms. The van der Waals surface area contributed by atoms with Crippen LogP contribution in [-0.4, -0.2) is 41.6 Å². The fourth-order valence-electron chi connectivity index (χ4n) is 5.35. The molecule has 5 nitrogen and oxygen atoms in total. The maximum absolute atomic E-state index is 10.7. The van der Waals surface area contributed by atoms with Gasteiger partial charge in [0.05, 0.1) is 6.10 Å². The molecule has 1 saturated carbocycles. The number of aliphatic hydroxyl groups excluding tert-OH is 1. The maximum Gasteiger partial charge on any atom is 0.457 e. The minimum Gasteiger partial charge on any atom is -0.481 e. The molecular formula is C27H41BO5. The van der Waals surface area contributed by atoms with Crippen LogP contribution >= 0.6 is 0 Å². The molecule has 2 N–H and O–H groups in total. The Balaban J connectivity index is 1.52. The SMILES string of the molecule is CCCCB1O[C@@H]2C[C@@H](O1)[C@H](CC[C@@H](O)CCc1ccccc1)[C@H]2CC=CCCCC(=O)O. The number of carbonyl (C=O) groups is 1. The van der Waals surface area contributed by atoms with Crippen molar-refractivity contribution < 1.29 is 24.3 Å². The van der Waals surface area contributed by atoms with Gasteiger partial charge in [-0.3, -0.25) is 4.79 Å². The number of carboxylic acids is 1. The molecule has 0 aromatic heterocycles. The third-order valence-corrected chi connectivity index (χ3v) is 7.19. The third kappa shape index (κ3) is 8.58. The van der Waals surface area contributed by atoms with Gasteiger partial charge in [-0.25, -0.2) is 0 Å². The second kappa shape index (κ2) is 13.9. The van der Waals surface area contributed by atoms with Crippen LogP contribution in [0.25, 0.3) is 0 Å². The summed E-state index contributed by atoms with van der Waals surface area (Å²) in [5, 5.41) is 19.4. The molecule has 0 amide bonds. The number of aliphatic carboxylic acids is 1. The summed E-state index contributed by atoms with van der Waals surface area (Å²) in [7, 11) is -0.0937. The van der Waals surface area contributed by atoms with Crippen molar-refractivity contribution in [2.45, 2.75) is 102 Å². The second-order valence-corrected chi connectivity index (χ2v) is 9.73. The summed E-state index contributed by atoms with van der Waals surface area (Å²) in [6, 6.07) is 10.4. The summed E-state index contributed by atoms with van der Waals surface area (Å²) in [5.41, 5.74) is 1.27. The molecule has 5 atom stereocenters. The number of aliphatic hydroxyl groups is 1. The number of hydrogen-bond acceptors (Lipinski definition) is 4. The first-order chi connectivity index (χ1) is 16.1. The Kier molecular flexibility index (Phi) is 11.0. The molecule has 33 heavy (non-hydrogen) atoms. The van der Waals surface area contributed by atoms with E-state index in [-0.39, 0.29) is 31.9 Å². The van der Waals surface area contributed by atoms with Crippen LogP contribution in [0.15, 0.2) is 42.5 Å². The van der Waals surface area contributed by atoms with E-state index in [1.165, 1.54) is 5.56 Å². The normalized spacial score (nSPS) is 25.6. The van der Waals surface area contributed by atoms with Crippen molar-refractivity contribution in [1.82, 2.24) is 0 Å². The largest absolute Gasteiger partial charge is 0.481 e. The number of allylic oxidation sites excluding steroid dienone is 2. The van der Waals surface area contributed by atoms with E-state index < -0.39 is 5.97 Å². The number of fused-ring (bicyclic) bond motifs is 2. The van der Waals surface area contributed by atoms with Crippen LogP contribution < -0.4 is 0 Å². The average Bonchev–Trinajstić information content (AvgIpc) is 3.06. The van der Waals surface area contributed by atoms with E-state index in [1.807, 2.05) is 18.2 Å². The summed E-state index contributed by atoms with van der Waals surface area (Å²) < 4.78 is 12.7. The number of carboxylic acid groups (broad SMARTS) is 1. The molecule has 1 aliphatic carbocycles. The molecular weight excluding hydrogens is 415 g/mol. The van der Waals surface area contributed by atoms with Crippen LogP contribution in [0.4, 0.5) is 0 Å². The zero-order valence-corrected chi connectivity index (χ0v) is 20.1. The molecule has 1 aromatic carbocycles. The van der Waals surface area contributed by atoms with Crippen molar-refractivity contribution in [1.29, 1.82) is 0 Å². The van der Waals surface area contributed by atoms with Crippen molar-refractivity contribution in [2.24, 2.45) is 11.8 Å². The summed E-state index contributed by atoms with van der Waals surface area (Å²) in [4.78, 5) is 10.7. The topological polar surface area (TPSA) is 76.0 Å². The first-order valence-electron chi connectivity index (χ1n) is 13.0. The van der Waals surface area contributed by atoms with E-state index in [1.54, 1.807) is 0 Å². The minimum atomic E-state index is -0.734. The predicted molar refractivity (Wildman–Crippen MR) is 132 cm³/mol. The number of unbranched alkanes of at least 4 members (excludes halogenated alkanes) is 2. The summed E-state index contributed by atoms with van der Waals surface area (Å²) in [6.45, 7) is 2.19. The fourth-order valence-corrected chi connectivity index (χ4v) is 5.35. The van der Waals surface area contributed by atoms with Gasteiger partial charge in [0.1, 0.15) is 0 Å². The first-order valence-corrected chi connectivity index (χ1v) is 13.0. The molecule has 1 saturated heterocycles. The van der Waals surface area contributed by atoms with E-state index in [9.17, 15) is 9.90 Å². The van der Waals surface area contributed by atoms with Crippen LogP contribution in [0, 0.1) is 11.8 Å². The minimum absolute atomic E-state index is 0.0937. The third-order valence-electron chi connectivity index (χ3n) is 7.19. The Hall–Kier alpha value is -1.63. The predicted octanol–water partition coefficient (Wildman–Crippen LogP) is 5.67. The average molecular weight is 456 g/mol. The Labute approximate surface area is 199 Å². The van der Waals surface area contributed by atoms with Crippen molar-refractivity contribution in [2.75, 3.05) is 0 Å². The Morgan fingerprint density at radius 1 is 1.12 bits per heavy atom. The van der Waals surface area contributed by atoms with Crippen molar-refractivity contribution >= 4 is 13.1 Å². The Morgan fingerprint density at radius 3 is 2.61 bits per heavy atom. The summed E-state index contributed by atoms with van der Waals surface area (Å²) in [6.07, 6.45) is 14.7. The van der Waals surface area contributed by atoms with Crippen LogP contribution in [0.3, 0.4) is 0 Å². The summed E-state index contributed by atoms with van der Waals surface area (Å²) in [5.74, 6) is 0.0675. The number of benzene rings is 1. The van der Waals surface area contributed by atoms with Gasteiger partial charge in [-0.2, -0.15) is 0 Å². The van der Waals surface area contributed by atoms with Gasteiger partial charge >= 0.3 is 13.1 Å². The molecule has 0 unspecified atom stereocenters. The zero-order valence-electron chi connectivity index (χ0n) is 20.1. The van der Waals surface area contributed by atoms with Gasteiger partial charge in [0.15, 0.2) is 0 Å². The summed E-state index contributed by atoms with van der Waals surface area (Å²) >= 11 is 0. The van der Waals surface area contributed by atoms with Crippen molar-refractivity contribution in [3.8, 4) is 0 Å². The van der Waals surface area contributed by atoms with Crippen molar-refractivity contribution in [3.05, 3.63) is 48.0 Å². The van der Waals surface area contributed by atoms with Gasteiger partial charge in [0.2, 0.25) is 0 Å². The standard InChI is InChI=1S/C27H41BO5/c1-2-3-19-28-32-25-20-26(33-28)24(23(25)13-9-4-5-10-14-27(30)31)18-17-22(29)16-15-21-11-7-6-8-12-21/h4,6-9,11-12,22-26,29H,2-3,5,10,13-20H2,1H3,(H,30,31)/t22-,23+,24+,25+,26+/m0/s1. The fraction of sp³-hybridized carbons (Fsp3) is 0.667. The monoisotopic (exact) mass is 456 g/mol. The first kappa shape index (κ1) is 26.0. The van der Waals surface area contributed by atoms with E-state index >= 15 is 0 Å². The van der Waals surface area contributed by atoms with Gasteiger partial charge in [0.25, 0.3) is 0 Å². The molecule has 1 aliphatic heterocycles. The second-order valence-electron chi connectivity index (χ2n) is 9.73. The lowest BCUT2D eigenvalue weighted by atomic mass is 9.80. The maximum atomic E-state index is 10.7. The van der Waals surface area contributed by atoms with E-state index in [4.69, 9.17) is 14.4 Å². The van der Waals surface area contributed by atoms with Gasteiger partial charge in [0, 0.05) is 18.6 Å². The number of hydrogen-bond donors (Lipinski definition) is 2. The van der Waals surface area contributed by atoms with Crippen molar-refractivity contribution in [3.63, 3.8) is 0 Å².